The maximum atomic E-state index is 10.5. The average molecular weight is 208 g/mol. The Labute approximate surface area is 79.9 Å². The predicted octanol–water partition coefficient (Wildman–Crippen LogP) is 0.505. The third-order valence-electron chi connectivity index (χ3n) is 2.75. The molecule has 0 spiro atoms. The Morgan fingerprint density at radius 1 is 1.31 bits per heavy atom. The van der Waals surface area contributed by atoms with Crippen LogP contribution in [0, 0.1) is 0 Å². The first-order valence-corrected chi connectivity index (χ1v) is 6.31. The van der Waals surface area contributed by atoms with E-state index in [1.54, 1.807) is 0 Å². The van der Waals surface area contributed by atoms with E-state index < -0.39 is 10.1 Å². The highest BCUT2D eigenvalue weighted by Gasteiger charge is 2.26. The summed E-state index contributed by atoms with van der Waals surface area (Å²) in [7, 11) is -1.60. The number of hydrogen-bond acceptors (Lipinski definition) is 2. The summed E-state index contributed by atoms with van der Waals surface area (Å²) in [6, 6.07) is 0. The van der Waals surface area contributed by atoms with Crippen LogP contribution in [0.2, 0.25) is 0 Å². The van der Waals surface area contributed by atoms with E-state index in [0.29, 0.717) is 6.42 Å². The molecule has 1 rings (SSSR count). The zero-order valence-electron chi connectivity index (χ0n) is 8.07. The molecule has 0 aliphatic carbocycles. The lowest BCUT2D eigenvalue weighted by atomic mass is 10.4. The van der Waals surface area contributed by atoms with Gasteiger partial charge in [-0.05, 0) is 0 Å². The summed E-state index contributed by atoms with van der Waals surface area (Å²) in [5, 5.41) is 0. The Balaban J connectivity index is 2.26. The van der Waals surface area contributed by atoms with Gasteiger partial charge in [-0.25, -0.2) is 0 Å². The van der Waals surface area contributed by atoms with Crippen molar-refractivity contribution in [3.8, 4) is 0 Å². The van der Waals surface area contributed by atoms with Gasteiger partial charge in [-0.15, -0.1) is 0 Å². The number of hydrogen-bond donors (Lipinski definition) is 1. The monoisotopic (exact) mass is 208 g/mol. The van der Waals surface area contributed by atoms with Crippen LogP contribution in [0.15, 0.2) is 0 Å². The third kappa shape index (κ3) is 4.06. The zero-order chi connectivity index (χ0) is 9.95. The Kier molecular flexibility index (Phi) is 3.32. The van der Waals surface area contributed by atoms with Gasteiger partial charge in [0.25, 0.3) is 10.1 Å². The number of nitrogens with zero attached hydrogens (tertiary/aromatic N) is 1. The second-order valence-corrected chi connectivity index (χ2v) is 5.71. The van der Waals surface area contributed by atoms with Crippen molar-refractivity contribution in [2.75, 3.05) is 32.4 Å². The molecule has 0 amide bonds. The Bertz CT molecular complexity index is 255. The van der Waals surface area contributed by atoms with Crippen LogP contribution in [0.5, 0.6) is 0 Å². The van der Waals surface area contributed by atoms with E-state index in [0.717, 1.165) is 24.1 Å². The van der Waals surface area contributed by atoms with Crippen LogP contribution in [0.4, 0.5) is 0 Å². The highest BCUT2D eigenvalue weighted by molar-refractivity contribution is 7.85. The molecule has 0 bridgehead atoms. The number of likely N-dealkylation sites (tertiary alicyclic amines) is 1. The SMILES string of the molecule is C[N+]1(CCCS(=O)(=O)O)CCCC1. The Morgan fingerprint density at radius 2 is 1.85 bits per heavy atom. The van der Waals surface area contributed by atoms with Crippen LogP contribution in [0.1, 0.15) is 19.3 Å². The molecule has 1 heterocycles. The molecule has 0 aromatic rings. The largest absolute Gasteiger partial charge is 0.326 e. The van der Waals surface area contributed by atoms with Crippen molar-refractivity contribution < 1.29 is 17.5 Å². The van der Waals surface area contributed by atoms with Crippen molar-refractivity contribution in [3.05, 3.63) is 0 Å². The molecule has 0 aromatic carbocycles. The molecule has 0 atom stereocenters. The first kappa shape index (κ1) is 10.9. The molecule has 1 saturated heterocycles. The van der Waals surface area contributed by atoms with Crippen molar-refractivity contribution in [2.24, 2.45) is 0 Å². The van der Waals surface area contributed by atoms with Crippen molar-refractivity contribution in [1.82, 2.24) is 0 Å². The molecule has 13 heavy (non-hydrogen) atoms. The molecule has 4 nitrogen and oxygen atoms in total. The van der Waals surface area contributed by atoms with Crippen LogP contribution in [-0.2, 0) is 10.1 Å². The Morgan fingerprint density at radius 3 is 2.31 bits per heavy atom. The minimum absolute atomic E-state index is 0.0964. The smallest absolute Gasteiger partial charge is 0.265 e. The molecular weight excluding hydrogens is 190 g/mol. The Hall–Kier alpha value is -0.130. The minimum Gasteiger partial charge on any atom is -0.326 e. The van der Waals surface area contributed by atoms with Crippen LogP contribution < -0.4 is 0 Å². The minimum atomic E-state index is -3.75. The fourth-order valence-electron chi connectivity index (χ4n) is 1.95. The maximum absolute atomic E-state index is 10.5. The first-order valence-electron chi connectivity index (χ1n) is 4.70. The first-order chi connectivity index (χ1) is 5.91. The van der Waals surface area contributed by atoms with Gasteiger partial charge in [-0.3, -0.25) is 4.55 Å². The van der Waals surface area contributed by atoms with E-state index in [1.165, 1.54) is 12.8 Å². The van der Waals surface area contributed by atoms with Gasteiger partial charge >= 0.3 is 0 Å². The highest BCUT2D eigenvalue weighted by Crippen LogP contribution is 2.16. The molecule has 0 aromatic heterocycles. The van der Waals surface area contributed by atoms with Gasteiger partial charge in [0, 0.05) is 19.3 Å². The summed E-state index contributed by atoms with van der Waals surface area (Å²) in [6.45, 7) is 3.15. The normalized spacial score (nSPS) is 22.0. The zero-order valence-corrected chi connectivity index (χ0v) is 8.89. The van der Waals surface area contributed by atoms with E-state index in [1.807, 2.05) is 0 Å². The van der Waals surface area contributed by atoms with Gasteiger partial charge in [-0.2, -0.15) is 8.42 Å². The molecule has 0 unspecified atom stereocenters. The lowest BCUT2D eigenvalue weighted by molar-refractivity contribution is -0.897. The molecule has 1 N–H and O–H groups in total. The van der Waals surface area contributed by atoms with Crippen LogP contribution in [0.25, 0.3) is 0 Å². The van der Waals surface area contributed by atoms with E-state index in [4.69, 9.17) is 4.55 Å². The predicted molar refractivity (Wildman–Crippen MR) is 51.1 cm³/mol. The van der Waals surface area contributed by atoms with E-state index in [9.17, 15) is 8.42 Å². The molecule has 1 aliphatic rings. The van der Waals surface area contributed by atoms with Gasteiger partial charge in [0.05, 0.1) is 32.4 Å². The number of quaternary nitrogens is 1. The van der Waals surface area contributed by atoms with Gasteiger partial charge in [-0.1, -0.05) is 0 Å². The standard InChI is InChI=1S/C8H17NO3S/c1-9(5-2-3-6-9)7-4-8-13(10,11)12/h2-8H2,1H3/p+1. The highest BCUT2D eigenvalue weighted by atomic mass is 32.2. The molecule has 1 fully saturated rings. The molecule has 78 valence electrons. The van der Waals surface area contributed by atoms with Crippen LogP contribution in [-0.4, -0.2) is 49.9 Å². The summed E-state index contributed by atoms with van der Waals surface area (Å²) in [4.78, 5) is 0. The van der Waals surface area contributed by atoms with Crippen LogP contribution >= 0.6 is 0 Å². The van der Waals surface area contributed by atoms with E-state index >= 15 is 0 Å². The number of rotatable bonds is 4. The summed E-state index contributed by atoms with van der Waals surface area (Å²) in [6.07, 6.45) is 3.04. The van der Waals surface area contributed by atoms with Crippen molar-refractivity contribution in [3.63, 3.8) is 0 Å². The second kappa shape index (κ2) is 3.94. The lowest BCUT2D eigenvalue weighted by Crippen LogP contribution is -2.42. The average Bonchev–Trinajstić information content (AvgIpc) is 2.33. The fourth-order valence-corrected chi connectivity index (χ4v) is 2.45. The lowest BCUT2D eigenvalue weighted by Gasteiger charge is -2.28. The summed E-state index contributed by atoms with van der Waals surface area (Å²) in [5.41, 5.74) is 0. The van der Waals surface area contributed by atoms with Gasteiger partial charge in [0.2, 0.25) is 0 Å². The fraction of sp³-hybridized carbons (Fsp3) is 1.00. The van der Waals surface area contributed by atoms with Crippen molar-refractivity contribution >= 4 is 10.1 Å². The molecule has 5 heteroatoms. The summed E-state index contributed by atoms with van der Waals surface area (Å²) < 4.78 is 30.4. The van der Waals surface area contributed by atoms with Crippen molar-refractivity contribution in [1.29, 1.82) is 0 Å². The maximum Gasteiger partial charge on any atom is 0.265 e. The second-order valence-electron chi connectivity index (χ2n) is 4.14. The van der Waals surface area contributed by atoms with Crippen molar-refractivity contribution in [2.45, 2.75) is 19.3 Å². The van der Waals surface area contributed by atoms with E-state index in [2.05, 4.69) is 7.05 Å². The quantitative estimate of drug-likeness (QED) is 0.541. The van der Waals surface area contributed by atoms with Crippen LogP contribution in [0.3, 0.4) is 0 Å². The third-order valence-corrected chi connectivity index (χ3v) is 3.55. The summed E-state index contributed by atoms with van der Waals surface area (Å²) >= 11 is 0. The molecule has 0 saturated carbocycles. The van der Waals surface area contributed by atoms with Gasteiger partial charge in [0.15, 0.2) is 0 Å². The van der Waals surface area contributed by atoms with E-state index in [-0.39, 0.29) is 5.75 Å². The summed E-state index contributed by atoms with van der Waals surface area (Å²) in [5.74, 6) is -0.0964. The topological polar surface area (TPSA) is 54.4 Å². The van der Waals surface area contributed by atoms with Gasteiger partial charge < -0.3 is 4.48 Å². The van der Waals surface area contributed by atoms with Gasteiger partial charge in [0.1, 0.15) is 0 Å². The molecule has 0 radical (unpaired) electrons. The molecule has 1 aliphatic heterocycles. The molecular formula is C8H18NO3S+.